The molecule has 1 aliphatic heterocycles. The lowest BCUT2D eigenvalue weighted by Gasteiger charge is -2.56. The molecule has 0 radical (unpaired) electrons. The van der Waals surface area contributed by atoms with E-state index in [-0.39, 0.29) is 41.3 Å². The third kappa shape index (κ3) is 6.34. The van der Waals surface area contributed by atoms with Gasteiger partial charge in [0.15, 0.2) is 0 Å². The van der Waals surface area contributed by atoms with Gasteiger partial charge in [-0.2, -0.15) is 5.06 Å². The molecular formula is C30H41NO5. The number of hydrogen-bond acceptors (Lipinski definition) is 6. The molecule has 36 heavy (non-hydrogen) atoms. The number of hydrogen-bond donors (Lipinski definition) is 0. The van der Waals surface area contributed by atoms with E-state index in [1.165, 1.54) is 6.92 Å². The lowest BCUT2D eigenvalue weighted by molar-refractivity contribution is -0.322. The Morgan fingerprint density at radius 3 is 2.00 bits per heavy atom. The Morgan fingerprint density at radius 1 is 0.917 bits per heavy atom. The van der Waals surface area contributed by atoms with Crippen LogP contribution >= 0.6 is 0 Å². The van der Waals surface area contributed by atoms with Crippen LogP contribution in [0.4, 0.5) is 0 Å². The van der Waals surface area contributed by atoms with Crippen LogP contribution in [0.15, 0.2) is 54.6 Å². The molecule has 0 bridgehead atoms. The molecule has 3 atom stereocenters. The smallest absolute Gasteiger partial charge is 0.338 e. The van der Waals surface area contributed by atoms with Gasteiger partial charge in [-0.05, 0) is 63.8 Å². The third-order valence-electron chi connectivity index (χ3n) is 7.40. The van der Waals surface area contributed by atoms with E-state index in [1.807, 2.05) is 49.4 Å². The van der Waals surface area contributed by atoms with Crippen LogP contribution in [-0.2, 0) is 19.1 Å². The van der Waals surface area contributed by atoms with E-state index in [0.717, 1.165) is 24.0 Å². The first-order valence-electron chi connectivity index (χ1n) is 13.0. The summed E-state index contributed by atoms with van der Waals surface area (Å²) < 4.78 is 11.3. The normalized spacial score (nSPS) is 20.8. The van der Waals surface area contributed by atoms with Crippen LogP contribution in [0.3, 0.4) is 0 Å². The number of hydroxylamine groups is 2. The Hall–Kier alpha value is -2.70. The predicted octanol–water partition coefficient (Wildman–Crippen LogP) is 6.96. The number of esters is 2. The number of piperidine rings is 1. The Bertz CT molecular complexity index is 1010. The van der Waals surface area contributed by atoms with Gasteiger partial charge in [-0.3, -0.25) is 9.63 Å². The second-order valence-electron chi connectivity index (χ2n) is 10.5. The molecule has 0 aliphatic carbocycles. The molecule has 1 saturated heterocycles. The molecule has 0 amide bonds. The Labute approximate surface area is 215 Å². The number of nitrogens with zero attached hydrogens (tertiary/aromatic N) is 1. The molecule has 0 saturated carbocycles. The van der Waals surface area contributed by atoms with Crippen LogP contribution in [0, 0.1) is 0 Å². The monoisotopic (exact) mass is 495 g/mol. The highest BCUT2D eigenvalue weighted by Crippen LogP contribution is 2.45. The first-order valence-corrected chi connectivity index (χ1v) is 13.0. The van der Waals surface area contributed by atoms with Crippen LogP contribution in [-0.4, -0.2) is 34.2 Å². The second-order valence-corrected chi connectivity index (χ2v) is 10.5. The Balaban J connectivity index is 1.76. The van der Waals surface area contributed by atoms with Crippen molar-refractivity contribution in [2.75, 3.05) is 0 Å². The number of carbonyl (C=O) groups is 2. The zero-order chi connectivity index (χ0) is 26.5. The molecule has 0 spiro atoms. The first kappa shape index (κ1) is 27.9. The van der Waals surface area contributed by atoms with E-state index in [0.29, 0.717) is 18.4 Å². The minimum atomic E-state index is -0.343. The fraction of sp³-hybridized carbons (Fsp3) is 0.533. The van der Waals surface area contributed by atoms with Crippen LogP contribution < -0.4 is 0 Å². The summed E-state index contributed by atoms with van der Waals surface area (Å²) in [6.45, 7) is 14.0. The molecule has 1 aliphatic rings. The van der Waals surface area contributed by atoms with Crippen molar-refractivity contribution in [1.82, 2.24) is 5.06 Å². The van der Waals surface area contributed by atoms with Crippen molar-refractivity contribution in [2.45, 2.75) is 104 Å². The van der Waals surface area contributed by atoms with Gasteiger partial charge in [-0.25, -0.2) is 4.79 Å². The molecule has 0 N–H and O–H groups in total. The molecule has 0 aromatic heterocycles. The SMILES string of the molecule is CCC1(CC)CC(OC(=O)c2ccccc2)CC(C)(C)N1OC(C)c1ccc(C(C)OC(C)=O)cc1. The molecule has 1 fully saturated rings. The van der Waals surface area contributed by atoms with Gasteiger partial charge >= 0.3 is 11.9 Å². The topological polar surface area (TPSA) is 65.1 Å². The lowest BCUT2D eigenvalue weighted by Crippen LogP contribution is -2.64. The fourth-order valence-electron chi connectivity index (χ4n) is 5.39. The molecule has 6 nitrogen and oxygen atoms in total. The number of carbonyl (C=O) groups excluding carboxylic acids is 2. The van der Waals surface area contributed by atoms with E-state index in [9.17, 15) is 9.59 Å². The zero-order valence-corrected chi connectivity index (χ0v) is 22.7. The molecule has 196 valence electrons. The Kier molecular flexibility index (Phi) is 8.96. The van der Waals surface area contributed by atoms with Crippen molar-refractivity contribution in [3.05, 3.63) is 71.3 Å². The largest absolute Gasteiger partial charge is 0.459 e. The highest BCUT2D eigenvalue weighted by Gasteiger charge is 2.51. The van der Waals surface area contributed by atoms with Gasteiger partial charge in [0.1, 0.15) is 18.3 Å². The Morgan fingerprint density at radius 2 is 1.47 bits per heavy atom. The molecule has 2 aromatic rings. The molecular weight excluding hydrogens is 454 g/mol. The highest BCUT2D eigenvalue weighted by atomic mass is 16.7. The molecule has 6 heteroatoms. The van der Waals surface area contributed by atoms with Gasteiger partial charge in [-0.15, -0.1) is 0 Å². The second kappa shape index (κ2) is 11.6. The van der Waals surface area contributed by atoms with Gasteiger partial charge in [0.05, 0.1) is 5.56 Å². The van der Waals surface area contributed by atoms with Gasteiger partial charge < -0.3 is 9.47 Å². The summed E-state index contributed by atoms with van der Waals surface area (Å²) >= 11 is 0. The molecule has 3 unspecified atom stereocenters. The number of benzene rings is 2. The summed E-state index contributed by atoms with van der Waals surface area (Å²) in [6.07, 6.45) is 2.48. The van der Waals surface area contributed by atoms with Gasteiger partial charge in [0.25, 0.3) is 0 Å². The fourth-order valence-corrected chi connectivity index (χ4v) is 5.39. The van der Waals surface area contributed by atoms with Crippen molar-refractivity contribution in [3.8, 4) is 0 Å². The lowest BCUT2D eigenvalue weighted by atomic mass is 9.75. The number of rotatable bonds is 9. The minimum absolute atomic E-state index is 0.178. The first-order chi connectivity index (χ1) is 17.0. The minimum Gasteiger partial charge on any atom is -0.459 e. The van der Waals surface area contributed by atoms with Crippen LogP contribution in [0.5, 0.6) is 0 Å². The van der Waals surface area contributed by atoms with E-state index in [1.54, 1.807) is 12.1 Å². The molecule has 3 rings (SSSR count). The summed E-state index contributed by atoms with van der Waals surface area (Å²) in [4.78, 5) is 30.8. The van der Waals surface area contributed by atoms with Gasteiger partial charge in [0, 0.05) is 30.8 Å². The maximum atomic E-state index is 12.8. The van der Waals surface area contributed by atoms with Crippen molar-refractivity contribution in [3.63, 3.8) is 0 Å². The summed E-state index contributed by atoms with van der Waals surface area (Å²) in [6, 6.07) is 17.2. The average molecular weight is 496 g/mol. The standard InChI is InChI=1S/C30H41NO5/c1-8-30(9-2)20-27(35-28(33)26-13-11-10-12-14-26)19-29(6,7)31(30)36-22(4)25-17-15-24(16-18-25)21(3)34-23(5)32/h10-18,21-22,27H,8-9,19-20H2,1-7H3. The number of ether oxygens (including phenoxy) is 2. The van der Waals surface area contributed by atoms with Crippen molar-refractivity contribution in [1.29, 1.82) is 0 Å². The third-order valence-corrected chi connectivity index (χ3v) is 7.40. The maximum absolute atomic E-state index is 12.8. The van der Waals surface area contributed by atoms with Crippen molar-refractivity contribution >= 4 is 11.9 Å². The van der Waals surface area contributed by atoms with Gasteiger partial charge in [0.2, 0.25) is 0 Å². The summed E-state index contributed by atoms with van der Waals surface area (Å²) in [5.41, 5.74) is 1.96. The van der Waals surface area contributed by atoms with E-state index in [2.05, 4.69) is 39.7 Å². The summed E-state index contributed by atoms with van der Waals surface area (Å²) in [5, 5.41) is 2.17. The quantitative estimate of drug-likeness (QED) is 0.350. The van der Waals surface area contributed by atoms with E-state index >= 15 is 0 Å². The summed E-state index contributed by atoms with van der Waals surface area (Å²) in [7, 11) is 0. The highest BCUT2D eigenvalue weighted by molar-refractivity contribution is 5.89. The molecule has 1 heterocycles. The maximum Gasteiger partial charge on any atom is 0.338 e. The van der Waals surface area contributed by atoms with E-state index < -0.39 is 0 Å². The summed E-state index contributed by atoms with van der Waals surface area (Å²) in [5.74, 6) is -0.567. The van der Waals surface area contributed by atoms with E-state index in [4.69, 9.17) is 14.3 Å². The van der Waals surface area contributed by atoms with Crippen LogP contribution in [0.1, 0.15) is 108 Å². The molecule has 2 aromatic carbocycles. The van der Waals surface area contributed by atoms with Crippen LogP contribution in [0.2, 0.25) is 0 Å². The zero-order valence-electron chi connectivity index (χ0n) is 22.7. The average Bonchev–Trinajstić information content (AvgIpc) is 2.85. The predicted molar refractivity (Wildman–Crippen MR) is 140 cm³/mol. The van der Waals surface area contributed by atoms with Crippen molar-refractivity contribution in [2.24, 2.45) is 0 Å². The van der Waals surface area contributed by atoms with Crippen LogP contribution in [0.25, 0.3) is 0 Å². The van der Waals surface area contributed by atoms with Crippen molar-refractivity contribution < 1.29 is 23.9 Å². The van der Waals surface area contributed by atoms with Gasteiger partial charge in [-0.1, -0.05) is 56.3 Å².